The number of nitrogens with zero attached hydrogens (tertiary/aromatic N) is 1. The van der Waals surface area contributed by atoms with Gasteiger partial charge in [0.25, 0.3) is 0 Å². The number of aromatic carboxylic acids is 1. The van der Waals surface area contributed by atoms with E-state index in [1.165, 1.54) is 0 Å². The van der Waals surface area contributed by atoms with Crippen LogP contribution in [0.15, 0.2) is 48.7 Å². The van der Waals surface area contributed by atoms with E-state index in [9.17, 15) is 4.79 Å². The normalized spacial score (nSPS) is 10.7. The molecule has 1 N–H and O–H groups in total. The third-order valence-electron chi connectivity index (χ3n) is 3.77. The summed E-state index contributed by atoms with van der Waals surface area (Å²) in [7, 11) is 3.52. The van der Waals surface area contributed by atoms with Gasteiger partial charge in [0.05, 0.1) is 12.7 Å². The summed E-state index contributed by atoms with van der Waals surface area (Å²) >= 11 is 0. The molecule has 3 rings (SSSR count). The van der Waals surface area contributed by atoms with Gasteiger partial charge < -0.3 is 19.1 Å². The van der Waals surface area contributed by atoms with Crippen LogP contribution in [0.3, 0.4) is 0 Å². The highest BCUT2D eigenvalue weighted by Gasteiger charge is 2.10. The Hall–Kier alpha value is -2.95. The van der Waals surface area contributed by atoms with Crippen LogP contribution in [0.4, 0.5) is 0 Å². The zero-order chi connectivity index (χ0) is 16.4. The molecule has 0 aliphatic carbocycles. The molecule has 0 bridgehead atoms. The molecule has 0 aliphatic rings. The predicted molar refractivity (Wildman–Crippen MR) is 87.2 cm³/mol. The van der Waals surface area contributed by atoms with Crippen LogP contribution in [0.25, 0.3) is 10.9 Å². The number of ether oxygens (including phenoxy) is 2. The first kappa shape index (κ1) is 15.0. The number of carbonyl (C=O) groups is 1. The second kappa shape index (κ2) is 6.04. The van der Waals surface area contributed by atoms with E-state index in [2.05, 4.69) is 0 Å². The number of rotatable bonds is 5. The Morgan fingerprint density at radius 2 is 1.83 bits per heavy atom. The standard InChI is InChI=1S/C18H17NO4/c1-19-10-13(11-23-15-6-4-14(22-2)5-7-15)16-8-3-12(18(20)21)9-17(16)19/h3-10H,11H2,1-2H3,(H,20,21). The van der Waals surface area contributed by atoms with Crippen LogP contribution >= 0.6 is 0 Å². The van der Waals surface area contributed by atoms with Gasteiger partial charge in [0.2, 0.25) is 0 Å². The molecule has 0 saturated heterocycles. The van der Waals surface area contributed by atoms with Gasteiger partial charge in [-0.3, -0.25) is 0 Å². The number of carboxylic acids is 1. The number of aryl methyl sites for hydroxylation is 1. The lowest BCUT2D eigenvalue weighted by Crippen LogP contribution is -1.96. The molecule has 0 unspecified atom stereocenters. The van der Waals surface area contributed by atoms with Crippen LogP contribution in [-0.2, 0) is 13.7 Å². The number of carboxylic acid groups (broad SMARTS) is 1. The summed E-state index contributed by atoms with van der Waals surface area (Å²) in [4.78, 5) is 11.1. The van der Waals surface area contributed by atoms with Crippen LogP contribution in [0.5, 0.6) is 11.5 Å². The van der Waals surface area contributed by atoms with Gasteiger partial charge in [-0.15, -0.1) is 0 Å². The van der Waals surface area contributed by atoms with Crippen LogP contribution < -0.4 is 9.47 Å². The molecule has 118 valence electrons. The van der Waals surface area contributed by atoms with E-state index in [0.29, 0.717) is 6.61 Å². The third kappa shape index (κ3) is 2.99. The third-order valence-corrected chi connectivity index (χ3v) is 3.77. The number of benzene rings is 2. The monoisotopic (exact) mass is 311 g/mol. The second-order valence-electron chi connectivity index (χ2n) is 5.27. The van der Waals surface area contributed by atoms with Crippen molar-refractivity contribution in [2.24, 2.45) is 7.05 Å². The number of hydrogen-bond donors (Lipinski definition) is 1. The number of fused-ring (bicyclic) bond motifs is 1. The largest absolute Gasteiger partial charge is 0.497 e. The van der Waals surface area contributed by atoms with E-state index < -0.39 is 5.97 Å². The van der Waals surface area contributed by atoms with Gasteiger partial charge in [-0.2, -0.15) is 0 Å². The number of aromatic nitrogens is 1. The van der Waals surface area contributed by atoms with Crippen molar-refractivity contribution < 1.29 is 19.4 Å². The van der Waals surface area contributed by atoms with Crippen LogP contribution in [-0.4, -0.2) is 22.8 Å². The van der Waals surface area contributed by atoms with Crippen molar-refractivity contribution in [2.75, 3.05) is 7.11 Å². The zero-order valence-electron chi connectivity index (χ0n) is 12.9. The fourth-order valence-corrected chi connectivity index (χ4v) is 2.55. The van der Waals surface area contributed by atoms with E-state index in [1.807, 2.05) is 48.1 Å². The molecule has 5 heteroatoms. The molecular weight excluding hydrogens is 294 g/mol. The minimum Gasteiger partial charge on any atom is -0.497 e. The molecule has 5 nitrogen and oxygen atoms in total. The van der Waals surface area contributed by atoms with E-state index in [1.54, 1.807) is 19.2 Å². The maximum atomic E-state index is 11.1. The van der Waals surface area contributed by atoms with E-state index in [4.69, 9.17) is 14.6 Å². The average molecular weight is 311 g/mol. The molecule has 0 fully saturated rings. The van der Waals surface area contributed by atoms with Crippen molar-refractivity contribution >= 4 is 16.9 Å². The van der Waals surface area contributed by atoms with Gasteiger partial charge in [0.15, 0.2) is 0 Å². The fourth-order valence-electron chi connectivity index (χ4n) is 2.55. The summed E-state index contributed by atoms with van der Waals surface area (Å²) < 4.78 is 12.8. The number of methoxy groups -OCH3 is 1. The van der Waals surface area contributed by atoms with E-state index in [-0.39, 0.29) is 5.56 Å². The predicted octanol–water partition coefficient (Wildman–Crippen LogP) is 3.46. The molecule has 0 spiro atoms. The zero-order valence-corrected chi connectivity index (χ0v) is 12.9. The quantitative estimate of drug-likeness (QED) is 0.784. The molecule has 0 aliphatic heterocycles. The summed E-state index contributed by atoms with van der Waals surface area (Å²) in [6.45, 7) is 0.413. The minimum absolute atomic E-state index is 0.279. The molecule has 0 radical (unpaired) electrons. The molecule has 1 heterocycles. The Morgan fingerprint density at radius 3 is 2.48 bits per heavy atom. The fraction of sp³-hybridized carbons (Fsp3) is 0.167. The van der Waals surface area contributed by atoms with E-state index in [0.717, 1.165) is 28.0 Å². The summed E-state index contributed by atoms with van der Waals surface area (Å²) in [6.07, 6.45) is 1.96. The Labute approximate surface area is 133 Å². The lowest BCUT2D eigenvalue weighted by Gasteiger charge is -2.06. The summed E-state index contributed by atoms with van der Waals surface area (Å²) in [5.74, 6) is 0.609. The van der Waals surface area contributed by atoms with Crippen molar-refractivity contribution in [3.05, 3.63) is 59.8 Å². The van der Waals surface area contributed by atoms with Gasteiger partial charge in [0, 0.05) is 29.7 Å². The van der Waals surface area contributed by atoms with Crippen molar-refractivity contribution in [1.82, 2.24) is 4.57 Å². The molecule has 0 amide bonds. The summed E-state index contributed by atoms with van der Waals surface area (Å²) in [5, 5.41) is 10.1. The molecule has 0 saturated carbocycles. The SMILES string of the molecule is COc1ccc(OCc2cn(C)c3cc(C(=O)O)ccc23)cc1. The Kier molecular flexibility index (Phi) is 3.93. The Bertz CT molecular complexity index is 849. The maximum absolute atomic E-state index is 11.1. The van der Waals surface area contributed by atoms with Crippen LogP contribution in [0, 0.1) is 0 Å². The van der Waals surface area contributed by atoms with Gasteiger partial charge in [0.1, 0.15) is 18.1 Å². The summed E-state index contributed by atoms with van der Waals surface area (Å²) in [6, 6.07) is 12.5. The van der Waals surface area contributed by atoms with Crippen LogP contribution in [0.2, 0.25) is 0 Å². The highest BCUT2D eigenvalue weighted by molar-refractivity contribution is 5.94. The van der Waals surface area contributed by atoms with Gasteiger partial charge in [-0.1, -0.05) is 6.07 Å². The minimum atomic E-state index is -0.927. The molecule has 3 aromatic rings. The first-order chi connectivity index (χ1) is 11.1. The van der Waals surface area contributed by atoms with Gasteiger partial charge >= 0.3 is 5.97 Å². The molecule has 0 atom stereocenters. The lowest BCUT2D eigenvalue weighted by molar-refractivity contribution is 0.0697. The Balaban J connectivity index is 1.83. The van der Waals surface area contributed by atoms with Crippen LogP contribution in [0.1, 0.15) is 15.9 Å². The molecule has 2 aromatic carbocycles. The number of hydrogen-bond acceptors (Lipinski definition) is 3. The molecule has 1 aromatic heterocycles. The van der Waals surface area contributed by atoms with Crippen molar-refractivity contribution in [3.8, 4) is 11.5 Å². The van der Waals surface area contributed by atoms with E-state index >= 15 is 0 Å². The maximum Gasteiger partial charge on any atom is 0.335 e. The first-order valence-electron chi connectivity index (χ1n) is 7.16. The second-order valence-corrected chi connectivity index (χ2v) is 5.27. The van der Waals surface area contributed by atoms with Crippen molar-refractivity contribution in [3.63, 3.8) is 0 Å². The lowest BCUT2D eigenvalue weighted by atomic mass is 10.1. The first-order valence-corrected chi connectivity index (χ1v) is 7.16. The van der Waals surface area contributed by atoms with Crippen molar-refractivity contribution in [1.29, 1.82) is 0 Å². The smallest absolute Gasteiger partial charge is 0.335 e. The average Bonchev–Trinajstić information content (AvgIpc) is 2.89. The topological polar surface area (TPSA) is 60.7 Å². The Morgan fingerprint density at radius 1 is 1.13 bits per heavy atom. The molecular formula is C18H17NO4. The van der Waals surface area contributed by atoms with Gasteiger partial charge in [-0.05, 0) is 36.4 Å². The summed E-state index contributed by atoms with van der Waals surface area (Å²) in [5.41, 5.74) is 2.16. The van der Waals surface area contributed by atoms with Crippen molar-refractivity contribution in [2.45, 2.75) is 6.61 Å². The highest BCUT2D eigenvalue weighted by Crippen LogP contribution is 2.24. The highest BCUT2D eigenvalue weighted by atomic mass is 16.5. The molecule has 23 heavy (non-hydrogen) atoms. The van der Waals surface area contributed by atoms with Gasteiger partial charge in [-0.25, -0.2) is 4.79 Å².